The fourth-order valence-corrected chi connectivity index (χ4v) is 4.85. The zero-order valence-electron chi connectivity index (χ0n) is 19.7. The predicted molar refractivity (Wildman–Crippen MR) is 134 cm³/mol. The number of H-pyrrole nitrogens is 1. The molecule has 3 heterocycles. The Morgan fingerprint density at radius 1 is 1.06 bits per heavy atom. The minimum absolute atomic E-state index is 0.0582. The average Bonchev–Trinajstić information content (AvgIpc) is 3.15. The molecule has 8 nitrogen and oxygen atoms in total. The Hall–Kier alpha value is -2.97. The number of morpholine rings is 1. The summed E-state index contributed by atoms with van der Waals surface area (Å²) in [5.74, 6) is 0.661. The van der Waals surface area contributed by atoms with Crippen molar-refractivity contribution in [2.45, 2.75) is 44.6 Å². The summed E-state index contributed by atoms with van der Waals surface area (Å²) in [4.78, 5) is 27.9. The van der Waals surface area contributed by atoms with Crippen LogP contribution in [0, 0.1) is 0 Å². The number of aromatic amines is 1. The molecule has 2 aromatic heterocycles. The molecular weight excluding hydrogens is 428 g/mol. The second kappa shape index (κ2) is 11.0. The van der Waals surface area contributed by atoms with Crippen LogP contribution in [0.2, 0.25) is 0 Å². The zero-order valence-corrected chi connectivity index (χ0v) is 19.7. The van der Waals surface area contributed by atoms with Crippen molar-refractivity contribution in [1.29, 1.82) is 0 Å². The van der Waals surface area contributed by atoms with Gasteiger partial charge in [-0.3, -0.25) is 9.69 Å². The van der Waals surface area contributed by atoms with Crippen LogP contribution in [0.15, 0.2) is 36.5 Å². The first kappa shape index (κ1) is 22.8. The van der Waals surface area contributed by atoms with Gasteiger partial charge in [-0.05, 0) is 43.2 Å². The molecular formula is C26H34N6O2. The van der Waals surface area contributed by atoms with Gasteiger partial charge < -0.3 is 20.4 Å². The van der Waals surface area contributed by atoms with E-state index in [1.165, 1.54) is 25.7 Å². The summed E-state index contributed by atoms with van der Waals surface area (Å²) in [5.41, 5.74) is 3.88. The van der Waals surface area contributed by atoms with Gasteiger partial charge in [-0.1, -0.05) is 25.7 Å². The normalized spacial score (nSPS) is 18.0. The van der Waals surface area contributed by atoms with Crippen molar-refractivity contribution in [2.24, 2.45) is 0 Å². The highest BCUT2D eigenvalue weighted by Crippen LogP contribution is 2.24. The number of carbonyl (C=O) groups excluding carboxylic acids is 1. The molecule has 0 unspecified atom stereocenters. The standard InChI is InChI=1S/C26H34N6O2/c33-26(29-21-5-3-1-2-4-6-21)22-11-12-28-25-23(22)30-24(31-25)19-7-9-20(10-8-19)27-13-14-32-15-17-34-18-16-32/h7-12,21,27H,1-6,13-18H2,(H,29,33)(H,28,30,31). The third-order valence-corrected chi connectivity index (χ3v) is 6.84. The lowest BCUT2D eigenvalue weighted by molar-refractivity contribution is 0.0398. The van der Waals surface area contributed by atoms with Crippen molar-refractivity contribution in [3.05, 3.63) is 42.1 Å². The lowest BCUT2D eigenvalue weighted by Gasteiger charge is -2.26. The van der Waals surface area contributed by atoms with Crippen LogP contribution < -0.4 is 10.6 Å². The fourth-order valence-electron chi connectivity index (χ4n) is 4.85. The van der Waals surface area contributed by atoms with Gasteiger partial charge in [-0.25, -0.2) is 9.97 Å². The Balaban J connectivity index is 1.24. The number of fused-ring (bicyclic) bond motifs is 1. The van der Waals surface area contributed by atoms with Gasteiger partial charge in [-0.2, -0.15) is 0 Å². The van der Waals surface area contributed by atoms with Crippen molar-refractivity contribution in [3.63, 3.8) is 0 Å². The molecule has 0 bridgehead atoms. The molecule has 1 amide bonds. The number of ether oxygens (including phenoxy) is 1. The molecule has 34 heavy (non-hydrogen) atoms. The maximum Gasteiger partial charge on any atom is 0.253 e. The Morgan fingerprint density at radius 3 is 2.59 bits per heavy atom. The summed E-state index contributed by atoms with van der Waals surface area (Å²) >= 11 is 0. The molecule has 2 aliphatic rings. The number of anilines is 1. The number of rotatable bonds is 7. The number of imidazole rings is 1. The highest BCUT2D eigenvalue weighted by atomic mass is 16.5. The van der Waals surface area contributed by atoms with Crippen molar-refractivity contribution in [1.82, 2.24) is 25.2 Å². The van der Waals surface area contributed by atoms with Crippen LogP contribution in [0.4, 0.5) is 5.69 Å². The van der Waals surface area contributed by atoms with Gasteiger partial charge in [0.05, 0.1) is 18.8 Å². The van der Waals surface area contributed by atoms with Crippen LogP contribution in [0.25, 0.3) is 22.6 Å². The summed E-state index contributed by atoms with van der Waals surface area (Å²) < 4.78 is 5.40. The number of pyridine rings is 1. The van der Waals surface area contributed by atoms with E-state index >= 15 is 0 Å². The largest absolute Gasteiger partial charge is 0.384 e. The number of nitrogens with zero attached hydrogens (tertiary/aromatic N) is 3. The van der Waals surface area contributed by atoms with Crippen LogP contribution in [-0.4, -0.2) is 71.2 Å². The van der Waals surface area contributed by atoms with E-state index in [4.69, 9.17) is 9.72 Å². The number of carbonyl (C=O) groups is 1. The molecule has 3 aromatic rings. The Bertz CT molecular complexity index is 1080. The van der Waals surface area contributed by atoms with Crippen LogP contribution in [0.3, 0.4) is 0 Å². The molecule has 1 aromatic carbocycles. The molecule has 1 aliphatic heterocycles. The van der Waals surface area contributed by atoms with Crippen molar-refractivity contribution >= 4 is 22.8 Å². The number of nitrogens with one attached hydrogen (secondary N) is 3. The topological polar surface area (TPSA) is 95.2 Å². The van der Waals surface area contributed by atoms with Gasteiger partial charge in [0.2, 0.25) is 0 Å². The number of hydrogen-bond acceptors (Lipinski definition) is 6. The summed E-state index contributed by atoms with van der Waals surface area (Å²) in [6, 6.07) is 10.2. The first-order chi connectivity index (χ1) is 16.8. The van der Waals surface area contributed by atoms with E-state index in [0.717, 1.165) is 69.3 Å². The minimum Gasteiger partial charge on any atom is -0.384 e. The number of benzene rings is 1. The van der Waals surface area contributed by atoms with Crippen molar-refractivity contribution in [3.8, 4) is 11.4 Å². The monoisotopic (exact) mass is 462 g/mol. The average molecular weight is 463 g/mol. The van der Waals surface area contributed by atoms with E-state index in [1.54, 1.807) is 12.3 Å². The second-order valence-corrected chi connectivity index (χ2v) is 9.26. The van der Waals surface area contributed by atoms with Gasteiger partial charge in [0.15, 0.2) is 5.65 Å². The molecule has 3 N–H and O–H groups in total. The van der Waals surface area contributed by atoms with Gasteiger partial charge in [0, 0.05) is 49.7 Å². The summed E-state index contributed by atoms with van der Waals surface area (Å²) in [7, 11) is 0. The highest BCUT2D eigenvalue weighted by molar-refractivity contribution is 6.04. The smallest absolute Gasteiger partial charge is 0.253 e. The summed E-state index contributed by atoms with van der Waals surface area (Å²) in [5, 5.41) is 6.71. The second-order valence-electron chi connectivity index (χ2n) is 9.26. The van der Waals surface area contributed by atoms with E-state index in [-0.39, 0.29) is 11.9 Å². The first-order valence-electron chi connectivity index (χ1n) is 12.6. The Labute approximate surface area is 200 Å². The fraction of sp³-hybridized carbons (Fsp3) is 0.500. The molecule has 0 atom stereocenters. The van der Waals surface area contributed by atoms with E-state index < -0.39 is 0 Å². The van der Waals surface area contributed by atoms with E-state index in [0.29, 0.717) is 16.7 Å². The van der Waals surface area contributed by atoms with Gasteiger partial charge in [0.25, 0.3) is 5.91 Å². The quantitative estimate of drug-likeness (QED) is 0.462. The van der Waals surface area contributed by atoms with Crippen LogP contribution in [-0.2, 0) is 4.74 Å². The van der Waals surface area contributed by atoms with Crippen LogP contribution in [0.5, 0.6) is 0 Å². The van der Waals surface area contributed by atoms with Gasteiger partial charge in [-0.15, -0.1) is 0 Å². The molecule has 5 rings (SSSR count). The highest BCUT2D eigenvalue weighted by Gasteiger charge is 2.19. The first-order valence-corrected chi connectivity index (χ1v) is 12.6. The molecule has 0 radical (unpaired) electrons. The third-order valence-electron chi connectivity index (χ3n) is 6.84. The lowest BCUT2D eigenvalue weighted by Crippen LogP contribution is -2.38. The maximum atomic E-state index is 13.0. The number of hydrogen-bond donors (Lipinski definition) is 3. The molecule has 0 spiro atoms. The molecule has 1 saturated heterocycles. The summed E-state index contributed by atoms with van der Waals surface area (Å²) in [6.07, 6.45) is 8.67. The molecule has 2 fully saturated rings. The minimum atomic E-state index is -0.0582. The molecule has 1 aliphatic carbocycles. The maximum absolute atomic E-state index is 13.0. The molecule has 8 heteroatoms. The third kappa shape index (κ3) is 5.56. The van der Waals surface area contributed by atoms with Gasteiger partial charge >= 0.3 is 0 Å². The van der Waals surface area contributed by atoms with E-state index in [2.05, 4.69) is 37.6 Å². The predicted octanol–water partition coefficient (Wildman–Crippen LogP) is 3.82. The lowest BCUT2D eigenvalue weighted by atomic mass is 10.1. The van der Waals surface area contributed by atoms with Crippen LogP contribution in [0.1, 0.15) is 48.9 Å². The van der Waals surface area contributed by atoms with E-state index in [9.17, 15) is 4.79 Å². The number of amides is 1. The Kier molecular flexibility index (Phi) is 7.36. The van der Waals surface area contributed by atoms with E-state index in [1.807, 2.05) is 12.1 Å². The molecule has 1 saturated carbocycles. The van der Waals surface area contributed by atoms with Crippen LogP contribution >= 0.6 is 0 Å². The number of aromatic nitrogens is 3. The summed E-state index contributed by atoms with van der Waals surface area (Å²) in [6.45, 7) is 5.55. The Morgan fingerprint density at radius 2 is 1.82 bits per heavy atom. The van der Waals surface area contributed by atoms with Gasteiger partial charge in [0.1, 0.15) is 11.3 Å². The van der Waals surface area contributed by atoms with Crippen molar-refractivity contribution in [2.75, 3.05) is 44.7 Å². The SMILES string of the molecule is O=C(NC1CCCCCC1)c1ccnc2[nH]c(-c3ccc(NCCN4CCOCC4)cc3)nc12. The zero-order chi connectivity index (χ0) is 23.2. The van der Waals surface area contributed by atoms with Crippen molar-refractivity contribution < 1.29 is 9.53 Å². The molecule has 180 valence electrons.